The molecule has 1 aliphatic heterocycles. The Bertz CT molecular complexity index is 695. The first-order valence-electron chi connectivity index (χ1n) is 9.11. The Morgan fingerprint density at radius 1 is 0.828 bits per heavy atom. The lowest BCUT2D eigenvalue weighted by molar-refractivity contribution is -0.140. The van der Waals surface area contributed by atoms with E-state index in [1.807, 2.05) is 0 Å². The highest BCUT2D eigenvalue weighted by atomic mass is 16.5. The number of pyridine rings is 1. The van der Waals surface area contributed by atoms with Gasteiger partial charge in [0.25, 0.3) is 0 Å². The Morgan fingerprint density at radius 3 is 1.59 bits per heavy atom. The molecule has 0 saturated carbocycles. The van der Waals surface area contributed by atoms with Crippen LogP contribution in [0.15, 0.2) is 12.1 Å². The fourth-order valence-corrected chi connectivity index (χ4v) is 3.19. The summed E-state index contributed by atoms with van der Waals surface area (Å²) in [6.07, 6.45) is 0. The molecule has 29 heavy (non-hydrogen) atoms. The summed E-state index contributed by atoms with van der Waals surface area (Å²) in [5.74, 6) is -2.42. The highest BCUT2D eigenvalue weighted by molar-refractivity contribution is 5.70. The van der Waals surface area contributed by atoms with Crippen LogP contribution in [0.25, 0.3) is 0 Å². The Hall–Kier alpha value is -2.76. The van der Waals surface area contributed by atoms with Crippen molar-refractivity contribution < 1.29 is 34.4 Å². The Morgan fingerprint density at radius 2 is 1.21 bits per heavy atom. The molecule has 2 rings (SSSR count). The number of fused-ring (bicyclic) bond motifs is 2. The quantitative estimate of drug-likeness (QED) is 0.523. The highest BCUT2D eigenvalue weighted by Crippen LogP contribution is 2.17. The van der Waals surface area contributed by atoms with E-state index in [9.17, 15) is 24.6 Å². The predicted molar refractivity (Wildman–Crippen MR) is 101 cm³/mol. The number of hydrogen-bond acceptors (Lipinski definition) is 8. The SMILES string of the molecule is COc1cc2nc(c1)CN(CC(=O)O)CCN(CC(=O)O)CCN(CC(=O)O)C2. The van der Waals surface area contributed by atoms with E-state index in [1.54, 1.807) is 26.8 Å². The Labute approximate surface area is 168 Å². The Kier molecular flexibility index (Phi) is 8.31. The summed E-state index contributed by atoms with van der Waals surface area (Å²) in [6, 6.07) is 3.42. The third-order valence-corrected chi connectivity index (χ3v) is 4.45. The van der Waals surface area contributed by atoms with E-state index in [1.165, 1.54) is 7.11 Å². The number of carboxylic acids is 3. The van der Waals surface area contributed by atoms with Crippen molar-refractivity contribution in [1.82, 2.24) is 19.7 Å². The predicted octanol–water partition coefficient (Wildman–Crippen LogP) is -0.736. The molecule has 1 aromatic heterocycles. The van der Waals surface area contributed by atoms with Crippen molar-refractivity contribution in [3.8, 4) is 5.75 Å². The van der Waals surface area contributed by atoms with Gasteiger partial charge in [0.1, 0.15) is 5.75 Å². The van der Waals surface area contributed by atoms with E-state index in [-0.39, 0.29) is 32.7 Å². The zero-order chi connectivity index (χ0) is 21.4. The second-order valence-electron chi connectivity index (χ2n) is 6.87. The molecule has 0 spiro atoms. The van der Waals surface area contributed by atoms with Crippen LogP contribution < -0.4 is 4.74 Å². The number of aliphatic carboxylic acids is 3. The van der Waals surface area contributed by atoms with Gasteiger partial charge in [-0.15, -0.1) is 0 Å². The van der Waals surface area contributed by atoms with Crippen LogP contribution in [0.4, 0.5) is 0 Å². The molecule has 0 saturated heterocycles. The summed E-state index contributed by atoms with van der Waals surface area (Å²) >= 11 is 0. The number of hydrogen-bond donors (Lipinski definition) is 3. The lowest BCUT2D eigenvalue weighted by Gasteiger charge is -2.29. The minimum atomic E-state index is -0.997. The standard InChI is InChI=1S/C18H26N4O7/c1-29-15-6-13-8-21(11-17(25)26)4-2-20(10-16(23)24)3-5-22(12-18(27)28)9-14(7-15)19-13/h6-7H,2-5,8-12H2,1H3,(H,23,24)(H,25,26)(H,27,28). The highest BCUT2D eigenvalue weighted by Gasteiger charge is 2.20. The molecule has 0 amide bonds. The normalized spacial score (nSPS) is 17.1. The van der Waals surface area contributed by atoms with Gasteiger partial charge in [-0.25, -0.2) is 0 Å². The largest absolute Gasteiger partial charge is 0.497 e. The van der Waals surface area contributed by atoms with Gasteiger partial charge in [0.05, 0.1) is 38.1 Å². The topological polar surface area (TPSA) is 144 Å². The van der Waals surface area contributed by atoms with Crippen LogP contribution in [0.2, 0.25) is 0 Å². The average Bonchev–Trinajstić information content (AvgIpc) is 2.61. The van der Waals surface area contributed by atoms with Crippen LogP contribution in [0.3, 0.4) is 0 Å². The molecule has 1 aliphatic rings. The first-order valence-corrected chi connectivity index (χ1v) is 9.11. The maximum atomic E-state index is 11.2. The van der Waals surface area contributed by atoms with Crippen molar-refractivity contribution in [3.05, 3.63) is 23.5 Å². The molecule has 2 heterocycles. The summed E-state index contributed by atoms with van der Waals surface area (Å²) in [4.78, 5) is 43.2. The number of ether oxygens (including phenoxy) is 1. The first kappa shape index (κ1) is 22.5. The summed E-state index contributed by atoms with van der Waals surface area (Å²) in [7, 11) is 1.51. The zero-order valence-electron chi connectivity index (χ0n) is 16.3. The fraction of sp³-hybridized carbons (Fsp3) is 0.556. The van der Waals surface area contributed by atoms with Gasteiger partial charge in [0, 0.05) is 51.4 Å². The molecule has 0 atom stereocenters. The van der Waals surface area contributed by atoms with E-state index in [0.29, 0.717) is 43.3 Å². The van der Waals surface area contributed by atoms with Crippen molar-refractivity contribution in [2.45, 2.75) is 13.1 Å². The van der Waals surface area contributed by atoms with Crippen molar-refractivity contribution in [1.29, 1.82) is 0 Å². The molecule has 1 aromatic rings. The number of nitrogens with zero attached hydrogens (tertiary/aromatic N) is 4. The second-order valence-corrected chi connectivity index (χ2v) is 6.87. The van der Waals surface area contributed by atoms with Crippen LogP contribution in [0.1, 0.15) is 11.4 Å². The van der Waals surface area contributed by atoms with Crippen LogP contribution in [0, 0.1) is 0 Å². The number of aromatic nitrogens is 1. The van der Waals surface area contributed by atoms with Crippen molar-refractivity contribution in [3.63, 3.8) is 0 Å². The van der Waals surface area contributed by atoms with E-state index < -0.39 is 17.9 Å². The monoisotopic (exact) mass is 410 g/mol. The fourth-order valence-electron chi connectivity index (χ4n) is 3.19. The number of methoxy groups -OCH3 is 1. The van der Waals surface area contributed by atoms with Crippen molar-refractivity contribution in [2.75, 3.05) is 52.9 Å². The molecule has 0 unspecified atom stereocenters. The van der Waals surface area contributed by atoms with Crippen LogP contribution in [-0.4, -0.2) is 106 Å². The van der Waals surface area contributed by atoms with Crippen LogP contribution in [0.5, 0.6) is 5.75 Å². The Balaban J connectivity index is 2.33. The van der Waals surface area contributed by atoms with Crippen LogP contribution in [-0.2, 0) is 27.5 Å². The third kappa shape index (κ3) is 8.02. The number of carbonyl (C=O) groups is 3. The third-order valence-electron chi connectivity index (χ3n) is 4.45. The molecule has 0 aliphatic carbocycles. The molecule has 11 nitrogen and oxygen atoms in total. The summed E-state index contributed by atoms with van der Waals surface area (Å²) in [6.45, 7) is 1.18. The zero-order valence-corrected chi connectivity index (χ0v) is 16.3. The molecule has 11 heteroatoms. The first-order chi connectivity index (χ1) is 13.7. The van der Waals surface area contributed by atoms with Crippen molar-refractivity contribution in [2.24, 2.45) is 0 Å². The van der Waals surface area contributed by atoms with Gasteiger partial charge in [-0.1, -0.05) is 0 Å². The van der Waals surface area contributed by atoms with E-state index in [0.717, 1.165) is 0 Å². The van der Waals surface area contributed by atoms with Gasteiger partial charge in [0.2, 0.25) is 0 Å². The lowest BCUT2D eigenvalue weighted by Crippen LogP contribution is -2.44. The van der Waals surface area contributed by atoms with E-state index in [2.05, 4.69) is 4.98 Å². The average molecular weight is 410 g/mol. The summed E-state index contributed by atoms with van der Waals surface area (Å²) in [5.41, 5.74) is 1.20. The smallest absolute Gasteiger partial charge is 0.317 e. The molecular formula is C18H26N4O7. The van der Waals surface area contributed by atoms with Gasteiger partial charge in [-0.3, -0.25) is 34.1 Å². The minimum Gasteiger partial charge on any atom is -0.497 e. The molecular weight excluding hydrogens is 384 g/mol. The molecule has 160 valence electrons. The van der Waals surface area contributed by atoms with Gasteiger partial charge in [-0.2, -0.15) is 0 Å². The molecule has 3 N–H and O–H groups in total. The molecule has 2 bridgehead atoms. The summed E-state index contributed by atoms with van der Waals surface area (Å²) < 4.78 is 5.31. The van der Waals surface area contributed by atoms with Gasteiger partial charge < -0.3 is 20.1 Å². The van der Waals surface area contributed by atoms with E-state index in [4.69, 9.17) is 9.84 Å². The van der Waals surface area contributed by atoms with E-state index >= 15 is 0 Å². The summed E-state index contributed by atoms with van der Waals surface area (Å²) in [5, 5.41) is 27.6. The second kappa shape index (κ2) is 10.7. The minimum absolute atomic E-state index is 0.208. The van der Waals surface area contributed by atoms with Crippen molar-refractivity contribution >= 4 is 17.9 Å². The van der Waals surface area contributed by atoms with Gasteiger partial charge in [0.15, 0.2) is 0 Å². The maximum absolute atomic E-state index is 11.2. The van der Waals surface area contributed by atoms with Gasteiger partial charge in [-0.05, 0) is 0 Å². The number of rotatable bonds is 7. The van der Waals surface area contributed by atoms with Crippen LogP contribution >= 0.6 is 0 Å². The molecule has 0 radical (unpaired) electrons. The molecule has 0 fully saturated rings. The maximum Gasteiger partial charge on any atom is 0.317 e. The molecule has 0 aromatic carbocycles. The lowest BCUT2D eigenvalue weighted by atomic mass is 10.2. The van der Waals surface area contributed by atoms with Gasteiger partial charge >= 0.3 is 17.9 Å². The number of carboxylic acid groups (broad SMARTS) is 3.